The molecule has 9 nitrogen and oxygen atoms in total. The zero-order valence-electron chi connectivity index (χ0n) is 32.2. The van der Waals surface area contributed by atoms with Gasteiger partial charge in [0, 0.05) is 87.8 Å². The maximum atomic E-state index is 14.6. The van der Waals surface area contributed by atoms with Gasteiger partial charge in [-0.2, -0.15) is 0 Å². The SMILES string of the molecule is CO[C@@]1(CN2CCN3CCC(F)(F)CC3C2)/C=C/C[C@H](C)[C@@H](C)S(=O)(=O)NC(=O)c2ccc3c(c2)N(C[C@@H]2CC[C@H]21)C[C@@]1(CCCc2cc(Cl)ccc21)CO3. The summed E-state index contributed by atoms with van der Waals surface area (Å²) in [6.45, 7) is 8.40. The highest BCUT2D eigenvalue weighted by Crippen LogP contribution is 2.49. The zero-order valence-corrected chi connectivity index (χ0v) is 33.8. The van der Waals surface area contributed by atoms with Crippen LogP contribution in [0.4, 0.5) is 14.5 Å². The van der Waals surface area contributed by atoms with Gasteiger partial charge in [-0.3, -0.25) is 14.6 Å². The van der Waals surface area contributed by atoms with Crippen LogP contribution in [0.5, 0.6) is 5.75 Å². The smallest absolute Gasteiger partial charge is 0.264 e. The van der Waals surface area contributed by atoms with Crippen LogP contribution in [0.15, 0.2) is 48.6 Å². The number of sulfonamides is 1. The largest absolute Gasteiger partial charge is 0.490 e. The van der Waals surface area contributed by atoms with Gasteiger partial charge in [-0.05, 0) is 105 Å². The summed E-state index contributed by atoms with van der Waals surface area (Å²) in [7, 11) is -2.26. The van der Waals surface area contributed by atoms with Crippen LogP contribution in [0.25, 0.3) is 0 Å². The molecule has 0 radical (unpaired) electrons. The van der Waals surface area contributed by atoms with Gasteiger partial charge in [0.2, 0.25) is 10.0 Å². The fourth-order valence-corrected chi connectivity index (χ4v) is 12.0. The van der Waals surface area contributed by atoms with Crippen molar-refractivity contribution in [2.45, 2.75) is 93.4 Å². The van der Waals surface area contributed by atoms with Crippen molar-refractivity contribution in [3.05, 3.63) is 70.3 Å². The van der Waals surface area contributed by atoms with E-state index in [4.69, 9.17) is 21.1 Å². The summed E-state index contributed by atoms with van der Waals surface area (Å²) in [6.07, 6.45) is 9.25. The Kier molecular flexibility index (Phi) is 10.6. The van der Waals surface area contributed by atoms with Gasteiger partial charge in [0.25, 0.3) is 11.8 Å². The summed E-state index contributed by atoms with van der Waals surface area (Å²) in [5, 5.41) is -0.128. The Morgan fingerprint density at radius 2 is 1.89 bits per heavy atom. The van der Waals surface area contributed by atoms with Gasteiger partial charge < -0.3 is 14.4 Å². The molecule has 2 aromatic carbocycles. The third-order valence-electron chi connectivity index (χ3n) is 14.1. The number of piperazine rings is 1. The highest BCUT2D eigenvalue weighted by Gasteiger charge is 2.51. The lowest BCUT2D eigenvalue weighted by atomic mass is 9.63. The number of ether oxygens (including phenoxy) is 2. The number of amides is 1. The lowest BCUT2D eigenvalue weighted by Crippen LogP contribution is -2.62. The molecule has 55 heavy (non-hydrogen) atoms. The Hall–Kier alpha value is -2.77. The molecule has 300 valence electrons. The second-order valence-corrected chi connectivity index (χ2v) is 19.9. The molecule has 2 aliphatic carbocycles. The van der Waals surface area contributed by atoms with Gasteiger partial charge in [-0.1, -0.05) is 36.7 Å². The molecule has 2 bridgehead atoms. The number of halogens is 3. The summed E-state index contributed by atoms with van der Waals surface area (Å²) in [6, 6.07) is 11.2. The number of hydrogen-bond donors (Lipinski definition) is 1. The molecule has 1 N–H and O–H groups in total. The summed E-state index contributed by atoms with van der Waals surface area (Å²) >= 11 is 6.49. The van der Waals surface area contributed by atoms with Gasteiger partial charge in [0.05, 0.1) is 17.5 Å². The van der Waals surface area contributed by atoms with Gasteiger partial charge in [-0.25, -0.2) is 21.9 Å². The summed E-state index contributed by atoms with van der Waals surface area (Å²) in [4.78, 5) is 20.6. The lowest BCUT2D eigenvalue weighted by Gasteiger charge is -2.53. The van der Waals surface area contributed by atoms with Crippen LogP contribution >= 0.6 is 11.6 Å². The number of benzene rings is 2. The molecule has 0 aromatic heterocycles. The second kappa shape index (κ2) is 14.9. The lowest BCUT2D eigenvalue weighted by molar-refractivity contribution is -0.119. The minimum Gasteiger partial charge on any atom is -0.490 e. The molecule has 8 rings (SSSR count). The van der Waals surface area contributed by atoms with Crippen molar-refractivity contribution in [2.75, 3.05) is 64.4 Å². The molecular weight excluding hydrogens is 746 g/mol. The number of methoxy groups -OCH3 is 1. The average Bonchev–Trinajstić information content (AvgIpc) is 3.28. The molecule has 7 atom stereocenters. The van der Waals surface area contributed by atoms with E-state index in [9.17, 15) is 22.0 Å². The first kappa shape index (κ1) is 39.1. The van der Waals surface area contributed by atoms with E-state index < -0.39 is 32.7 Å². The van der Waals surface area contributed by atoms with Gasteiger partial charge >= 0.3 is 0 Å². The minimum absolute atomic E-state index is 0.0826. The number of nitrogens with one attached hydrogen (secondary N) is 1. The topological polar surface area (TPSA) is 91.4 Å². The summed E-state index contributed by atoms with van der Waals surface area (Å²) in [5.41, 5.74) is 2.47. The number of allylic oxidation sites excluding steroid dienone is 1. The maximum absolute atomic E-state index is 14.6. The second-order valence-electron chi connectivity index (χ2n) is 17.4. The van der Waals surface area contributed by atoms with Crippen molar-refractivity contribution in [1.82, 2.24) is 14.5 Å². The maximum Gasteiger partial charge on any atom is 0.264 e. The highest BCUT2D eigenvalue weighted by atomic mass is 35.5. The number of alkyl halides is 2. The van der Waals surface area contributed by atoms with E-state index in [1.165, 1.54) is 11.1 Å². The van der Waals surface area contributed by atoms with Crippen molar-refractivity contribution < 1.29 is 31.5 Å². The van der Waals surface area contributed by atoms with Crippen LogP contribution in [0.2, 0.25) is 5.02 Å². The fourth-order valence-electron chi connectivity index (χ4n) is 10.5. The first-order valence-corrected chi connectivity index (χ1v) is 22.1. The van der Waals surface area contributed by atoms with E-state index in [1.807, 2.05) is 19.1 Å². The number of aryl methyl sites for hydroxylation is 1. The quantitative estimate of drug-likeness (QED) is 0.344. The monoisotopic (exact) mass is 800 g/mol. The minimum atomic E-state index is -4.02. The Morgan fingerprint density at radius 3 is 2.67 bits per heavy atom. The van der Waals surface area contributed by atoms with Crippen molar-refractivity contribution in [3.63, 3.8) is 0 Å². The van der Waals surface area contributed by atoms with E-state index in [0.717, 1.165) is 50.9 Å². The van der Waals surface area contributed by atoms with Gasteiger partial charge in [-0.15, -0.1) is 0 Å². The number of carbonyl (C=O) groups excluding carboxylic acids is 1. The number of nitrogens with zero attached hydrogens (tertiary/aromatic N) is 3. The van der Waals surface area contributed by atoms with E-state index in [1.54, 1.807) is 32.2 Å². The number of rotatable bonds is 3. The number of anilines is 1. The van der Waals surface area contributed by atoms with Crippen molar-refractivity contribution in [2.24, 2.45) is 17.8 Å². The molecule has 4 heterocycles. The van der Waals surface area contributed by atoms with Crippen molar-refractivity contribution >= 4 is 33.2 Å². The normalized spacial score (nSPS) is 35.6. The van der Waals surface area contributed by atoms with Crippen LogP contribution in [-0.2, 0) is 26.6 Å². The Balaban J connectivity index is 1.18. The molecule has 1 spiro atoms. The summed E-state index contributed by atoms with van der Waals surface area (Å²) < 4.78 is 72.2. The van der Waals surface area contributed by atoms with E-state index in [2.05, 4.69) is 37.6 Å². The molecule has 2 saturated heterocycles. The molecule has 13 heteroatoms. The standard InChI is InChI=1S/C42H55ClF2N4O5S/c1-28-6-4-15-41(53-3,26-47-18-19-48-17-16-42(44,45)22-34(48)24-47)36-11-8-32(36)23-49-25-40(14-5-7-30-20-33(43)10-12-35(30)40)27-54-38-13-9-31(21-37(38)49)39(50)46-55(51,52)29(28)2/h4,9-10,12-13,15,20-21,28-29,32,34,36H,5-8,11,14,16-19,22-27H2,1-3H3,(H,46,50)/b15-4+/t28-,29+,32-,34?,36+,40-,41+/m0/s1. The van der Waals surface area contributed by atoms with Crippen LogP contribution in [-0.4, -0.2) is 106 Å². The van der Waals surface area contributed by atoms with Crippen molar-refractivity contribution in [3.8, 4) is 5.75 Å². The predicted octanol–water partition coefficient (Wildman–Crippen LogP) is 6.68. The number of fused-ring (bicyclic) bond motifs is 5. The fraction of sp³-hybridized carbons (Fsp3) is 0.643. The molecule has 1 unspecified atom stereocenters. The first-order chi connectivity index (χ1) is 26.2. The molecule has 3 fully saturated rings. The number of carbonyl (C=O) groups is 1. The third-order valence-corrected chi connectivity index (χ3v) is 16.2. The van der Waals surface area contributed by atoms with Crippen molar-refractivity contribution in [1.29, 1.82) is 0 Å². The summed E-state index contributed by atoms with van der Waals surface area (Å²) in [5.74, 6) is -2.59. The zero-order chi connectivity index (χ0) is 38.8. The third kappa shape index (κ3) is 7.55. The molecule has 1 amide bonds. The molecule has 2 aromatic rings. The highest BCUT2D eigenvalue weighted by molar-refractivity contribution is 7.90. The Labute approximate surface area is 329 Å². The Morgan fingerprint density at radius 1 is 1.05 bits per heavy atom. The van der Waals surface area contributed by atoms with E-state index >= 15 is 0 Å². The molecule has 6 aliphatic rings. The molecular formula is C42H55ClF2N4O5S. The van der Waals surface area contributed by atoms with Crippen LogP contribution in [0, 0.1) is 17.8 Å². The van der Waals surface area contributed by atoms with Crippen LogP contribution in [0.3, 0.4) is 0 Å². The van der Waals surface area contributed by atoms with Gasteiger partial charge in [0.15, 0.2) is 0 Å². The average molecular weight is 801 g/mol. The van der Waals surface area contributed by atoms with E-state index in [-0.39, 0.29) is 47.6 Å². The van der Waals surface area contributed by atoms with Crippen LogP contribution in [0.1, 0.15) is 80.3 Å². The first-order valence-electron chi connectivity index (χ1n) is 20.1. The molecule has 1 saturated carbocycles. The number of piperidine rings is 1. The van der Waals surface area contributed by atoms with Gasteiger partial charge in [0.1, 0.15) is 11.4 Å². The number of hydrogen-bond acceptors (Lipinski definition) is 8. The Bertz CT molecular complexity index is 1930. The molecule has 4 aliphatic heterocycles. The predicted molar refractivity (Wildman–Crippen MR) is 211 cm³/mol. The van der Waals surface area contributed by atoms with E-state index in [0.29, 0.717) is 56.5 Å². The van der Waals surface area contributed by atoms with Crippen LogP contribution < -0.4 is 14.4 Å².